The zero-order chi connectivity index (χ0) is 13.8. The molecular weight excluding hydrogens is 263 g/mol. The molecule has 0 saturated heterocycles. The summed E-state index contributed by atoms with van der Waals surface area (Å²) < 4.78 is 13.1. The van der Waals surface area contributed by atoms with E-state index in [4.69, 9.17) is 17.3 Å². The molecule has 19 heavy (non-hydrogen) atoms. The van der Waals surface area contributed by atoms with Crippen molar-refractivity contribution in [2.45, 2.75) is 13.0 Å². The van der Waals surface area contributed by atoms with Gasteiger partial charge in [0.05, 0.1) is 6.04 Å². The number of hydrogen-bond donors (Lipinski definition) is 2. The lowest BCUT2D eigenvalue weighted by atomic mass is 10.0. The molecule has 0 radical (unpaired) electrons. The summed E-state index contributed by atoms with van der Waals surface area (Å²) in [5, 5.41) is 3.91. The van der Waals surface area contributed by atoms with Gasteiger partial charge in [0.2, 0.25) is 0 Å². The van der Waals surface area contributed by atoms with Crippen LogP contribution >= 0.6 is 11.6 Å². The van der Waals surface area contributed by atoms with Crippen LogP contribution in [-0.2, 0) is 0 Å². The fraction of sp³-hybridized carbons (Fsp3) is 0.200. The first-order chi connectivity index (χ1) is 9.10. The molecule has 1 unspecified atom stereocenters. The number of hydrogen-bond acceptors (Lipinski definition) is 2. The molecule has 4 heteroatoms. The Hall–Kier alpha value is -1.58. The molecule has 0 heterocycles. The van der Waals surface area contributed by atoms with Crippen molar-refractivity contribution in [1.82, 2.24) is 0 Å². The molecule has 0 amide bonds. The minimum Gasteiger partial charge on any atom is -0.377 e. The van der Waals surface area contributed by atoms with Crippen molar-refractivity contribution < 1.29 is 4.39 Å². The lowest BCUT2D eigenvalue weighted by molar-refractivity contribution is 0.627. The molecule has 2 rings (SSSR count). The third-order valence-electron chi connectivity index (χ3n) is 3.00. The largest absolute Gasteiger partial charge is 0.377 e. The van der Waals surface area contributed by atoms with Crippen LogP contribution in [-0.4, -0.2) is 6.54 Å². The van der Waals surface area contributed by atoms with Gasteiger partial charge < -0.3 is 11.1 Å². The van der Waals surface area contributed by atoms with Crippen molar-refractivity contribution >= 4 is 17.3 Å². The first-order valence-electron chi connectivity index (χ1n) is 6.08. The van der Waals surface area contributed by atoms with Gasteiger partial charge in [0.1, 0.15) is 5.82 Å². The molecular formula is C15H16ClFN2. The molecule has 0 spiro atoms. The lowest BCUT2D eigenvalue weighted by Gasteiger charge is -2.19. The minimum atomic E-state index is -0.275. The first kappa shape index (κ1) is 13.8. The summed E-state index contributed by atoms with van der Waals surface area (Å²) >= 11 is 6.11. The molecule has 3 N–H and O–H groups in total. The van der Waals surface area contributed by atoms with Gasteiger partial charge in [-0.2, -0.15) is 0 Å². The van der Waals surface area contributed by atoms with Crippen molar-refractivity contribution in [3.8, 4) is 0 Å². The predicted molar refractivity (Wildman–Crippen MR) is 78.0 cm³/mol. The summed E-state index contributed by atoms with van der Waals surface area (Å²) in [7, 11) is 0. The van der Waals surface area contributed by atoms with Crippen LogP contribution in [0.1, 0.15) is 17.2 Å². The lowest BCUT2D eigenvalue weighted by Crippen LogP contribution is -2.20. The van der Waals surface area contributed by atoms with Gasteiger partial charge in [0.25, 0.3) is 0 Å². The van der Waals surface area contributed by atoms with Crippen molar-refractivity contribution in [3.63, 3.8) is 0 Å². The molecule has 0 aliphatic carbocycles. The van der Waals surface area contributed by atoms with Gasteiger partial charge in [0.15, 0.2) is 0 Å². The van der Waals surface area contributed by atoms with E-state index in [1.54, 1.807) is 6.07 Å². The summed E-state index contributed by atoms with van der Waals surface area (Å²) in [6.07, 6.45) is 0. The highest BCUT2D eigenvalue weighted by atomic mass is 35.5. The average molecular weight is 279 g/mol. The van der Waals surface area contributed by atoms with Gasteiger partial charge in [0, 0.05) is 17.3 Å². The minimum absolute atomic E-state index is 0.0973. The maximum Gasteiger partial charge on any atom is 0.125 e. The maximum absolute atomic E-state index is 13.1. The Kier molecular flexibility index (Phi) is 4.40. The van der Waals surface area contributed by atoms with E-state index in [9.17, 15) is 4.39 Å². The fourth-order valence-corrected chi connectivity index (χ4v) is 2.07. The van der Waals surface area contributed by atoms with Gasteiger partial charge in [-0.1, -0.05) is 29.8 Å². The van der Waals surface area contributed by atoms with Crippen LogP contribution in [0.15, 0.2) is 42.5 Å². The Labute approximate surface area is 117 Å². The van der Waals surface area contributed by atoms with Gasteiger partial charge >= 0.3 is 0 Å². The van der Waals surface area contributed by atoms with E-state index in [1.807, 2.05) is 31.2 Å². The Balaban J connectivity index is 2.22. The van der Waals surface area contributed by atoms with Crippen LogP contribution in [0.2, 0.25) is 5.02 Å². The third kappa shape index (κ3) is 3.46. The number of anilines is 1. The molecule has 0 aliphatic heterocycles. The van der Waals surface area contributed by atoms with Crippen LogP contribution in [0.4, 0.5) is 10.1 Å². The van der Waals surface area contributed by atoms with E-state index in [0.717, 1.165) is 11.1 Å². The number of nitrogens with two attached hydrogens (primary N) is 1. The van der Waals surface area contributed by atoms with Crippen LogP contribution in [0.5, 0.6) is 0 Å². The maximum atomic E-state index is 13.1. The fourth-order valence-electron chi connectivity index (χ4n) is 1.88. The quantitative estimate of drug-likeness (QED) is 0.890. The number of halogens is 2. The summed E-state index contributed by atoms with van der Waals surface area (Å²) in [5.41, 5.74) is 8.49. The van der Waals surface area contributed by atoms with E-state index in [2.05, 4.69) is 5.32 Å². The second-order valence-electron chi connectivity index (χ2n) is 4.45. The third-order valence-corrected chi connectivity index (χ3v) is 3.41. The molecule has 0 aromatic heterocycles. The highest BCUT2D eigenvalue weighted by Gasteiger charge is 2.11. The number of rotatable bonds is 4. The highest BCUT2D eigenvalue weighted by Crippen LogP contribution is 2.24. The Morgan fingerprint density at radius 1 is 1.26 bits per heavy atom. The Morgan fingerprint density at radius 3 is 2.68 bits per heavy atom. The van der Waals surface area contributed by atoms with Gasteiger partial charge in [-0.05, 0) is 42.3 Å². The molecule has 2 aromatic rings. The molecule has 100 valence electrons. The predicted octanol–water partition coefficient (Wildman–Crippen LogP) is 3.90. The van der Waals surface area contributed by atoms with Crippen LogP contribution < -0.4 is 11.1 Å². The summed E-state index contributed by atoms with van der Waals surface area (Å²) in [6, 6.07) is 12.0. The highest BCUT2D eigenvalue weighted by molar-refractivity contribution is 6.31. The van der Waals surface area contributed by atoms with Crippen molar-refractivity contribution in [3.05, 3.63) is 64.4 Å². The molecule has 0 fully saturated rings. The normalized spacial score (nSPS) is 12.2. The standard InChI is InChI=1S/C15H16ClFN2/c1-10-5-6-11(7-14(10)16)15(9-18)19-13-4-2-3-12(17)8-13/h2-8,15,19H,9,18H2,1H3. The summed E-state index contributed by atoms with van der Waals surface area (Å²) in [4.78, 5) is 0. The average Bonchev–Trinajstić information content (AvgIpc) is 2.39. The zero-order valence-corrected chi connectivity index (χ0v) is 11.4. The van der Waals surface area contributed by atoms with Crippen LogP contribution in [0.3, 0.4) is 0 Å². The van der Waals surface area contributed by atoms with E-state index in [0.29, 0.717) is 17.3 Å². The van der Waals surface area contributed by atoms with Crippen LogP contribution in [0, 0.1) is 12.7 Å². The summed E-state index contributed by atoms with van der Waals surface area (Å²) in [6.45, 7) is 2.35. The topological polar surface area (TPSA) is 38.0 Å². The van der Waals surface area contributed by atoms with Gasteiger partial charge in [-0.3, -0.25) is 0 Å². The molecule has 2 nitrogen and oxygen atoms in total. The van der Waals surface area contributed by atoms with Crippen molar-refractivity contribution in [1.29, 1.82) is 0 Å². The van der Waals surface area contributed by atoms with Gasteiger partial charge in [-0.15, -0.1) is 0 Å². The molecule has 1 atom stereocenters. The van der Waals surface area contributed by atoms with E-state index in [1.165, 1.54) is 12.1 Å². The van der Waals surface area contributed by atoms with E-state index in [-0.39, 0.29) is 11.9 Å². The molecule has 0 aliphatic rings. The monoisotopic (exact) mass is 278 g/mol. The number of benzene rings is 2. The molecule has 0 bridgehead atoms. The number of aryl methyl sites for hydroxylation is 1. The Bertz CT molecular complexity index is 572. The van der Waals surface area contributed by atoms with E-state index < -0.39 is 0 Å². The first-order valence-corrected chi connectivity index (χ1v) is 6.46. The molecule has 2 aromatic carbocycles. The van der Waals surface area contributed by atoms with Crippen molar-refractivity contribution in [2.75, 3.05) is 11.9 Å². The van der Waals surface area contributed by atoms with Gasteiger partial charge in [-0.25, -0.2) is 4.39 Å². The smallest absolute Gasteiger partial charge is 0.125 e. The zero-order valence-electron chi connectivity index (χ0n) is 10.7. The molecule has 0 saturated carbocycles. The summed E-state index contributed by atoms with van der Waals surface area (Å²) in [5.74, 6) is -0.275. The second kappa shape index (κ2) is 6.04. The van der Waals surface area contributed by atoms with E-state index >= 15 is 0 Å². The second-order valence-corrected chi connectivity index (χ2v) is 4.86. The number of nitrogens with one attached hydrogen (secondary N) is 1. The van der Waals surface area contributed by atoms with Crippen LogP contribution in [0.25, 0.3) is 0 Å². The van der Waals surface area contributed by atoms with Crippen molar-refractivity contribution in [2.24, 2.45) is 5.73 Å². The SMILES string of the molecule is Cc1ccc(C(CN)Nc2cccc(F)c2)cc1Cl. The Morgan fingerprint density at radius 2 is 2.05 bits per heavy atom.